The van der Waals surface area contributed by atoms with Crippen molar-refractivity contribution in [1.29, 1.82) is 0 Å². The number of nitrogens with zero attached hydrogens (tertiary/aromatic N) is 2. The van der Waals surface area contributed by atoms with Gasteiger partial charge in [-0.3, -0.25) is 0 Å². The lowest BCUT2D eigenvalue weighted by molar-refractivity contribution is 0.587. The third-order valence-electron chi connectivity index (χ3n) is 3.20. The highest BCUT2D eigenvalue weighted by atomic mass is 15.0. The molecule has 0 amide bonds. The average molecular weight is 257 g/mol. The molecule has 0 radical (unpaired) electrons. The Hall–Kier alpha value is -1.61. The van der Waals surface area contributed by atoms with Crippen LogP contribution in [0.1, 0.15) is 41.8 Å². The van der Waals surface area contributed by atoms with Crippen molar-refractivity contribution < 1.29 is 0 Å². The van der Waals surface area contributed by atoms with Crippen LogP contribution in [0.5, 0.6) is 0 Å². The van der Waals surface area contributed by atoms with Crippen molar-refractivity contribution in [1.82, 2.24) is 14.9 Å². The van der Waals surface area contributed by atoms with Crippen molar-refractivity contribution in [3.05, 3.63) is 53.1 Å². The molecule has 3 heteroatoms. The maximum Gasteiger partial charge on any atom is 0.0947 e. The SMILES string of the molecule is CCCNC(c1cc(C)cc(C)c1)c1cn(C)cn1. The normalized spacial score (nSPS) is 12.6. The van der Waals surface area contributed by atoms with Gasteiger partial charge in [0.15, 0.2) is 0 Å². The van der Waals surface area contributed by atoms with Crippen LogP contribution in [-0.4, -0.2) is 16.1 Å². The molecule has 1 N–H and O–H groups in total. The van der Waals surface area contributed by atoms with E-state index >= 15 is 0 Å². The highest BCUT2D eigenvalue weighted by molar-refractivity contribution is 5.34. The molecule has 1 aromatic heterocycles. The van der Waals surface area contributed by atoms with E-state index in [1.165, 1.54) is 16.7 Å². The largest absolute Gasteiger partial charge is 0.340 e. The minimum atomic E-state index is 0.180. The standard InChI is InChI=1S/C16H23N3/c1-5-6-17-16(15-10-19(4)11-18-15)14-8-12(2)7-13(3)9-14/h7-11,16-17H,5-6H2,1-4H3. The Bertz CT molecular complexity index is 522. The van der Waals surface area contributed by atoms with Gasteiger partial charge < -0.3 is 9.88 Å². The summed E-state index contributed by atoms with van der Waals surface area (Å²) in [6.45, 7) is 7.47. The number of aryl methyl sites for hydroxylation is 3. The minimum absolute atomic E-state index is 0.180. The predicted octanol–water partition coefficient (Wildman–Crippen LogP) is 3.13. The molecule has 1 aromatic carbocycles. The molecular formula is C16H23N3. The maximum atomic E-state index is 4.51. The number of nitrogens with one attached hydrogen (secondary N) is 1. The van der Waals surface area contributed by atoms with Gasteiger partial charge in [-0.2, -0.15) is 0 Å². The van der Waals surface area contributed by atoms with Crippen LogP contribution >= 0.6 is 0 Å². The van der Waals surface area contributed by atoms with Gasteiger partial charge in [0.25, 0.3) is 0 Å². The second kappa shape index (κ2) is 6.02. The van der Waals surface area contributed by atoms with E-state index in [4.69, 9.17) is 0 Å². The quantitative estimate of drug-likeness (QED) is 0.892. The van der Waals surface area contributed by atoms with Crippen molar-refractivity contribution in [2.75, 3.05) is 6.54 Å². The highest BCUT2D eigenvalue weighted by Crippen LogP contribution is 2.22. The van der Waals surface area contributed by atoms with E-state index in [0.717, 1.165) is 18.7 Å². The first-order valence-electron chi connectivity index (χ1n) is 6.89. The second-order valence-corrected chi connectivity index (χ2v) is 5.27. The van der Waals surface area contributed by atoms with Crippen LogP contribution in [0.25, 0.3) is 0 Å². The van der Waals surface area contributed by atoms with E-state index < -0.39 is 0 Å². The predicted molar refractivity (Wildman–Crippen MR) is 79.3 cm³/mol. The molecule has 2 rings (SSSR count). The van der Waals surface area contributed by atoms with Gasteiger partial charge in [0.1, 0.15) is 0 Å². The van der Waals surface area contributed by atoms with Gasteiger partial charge in [-0.05, 0) is 32.4 Å². The molecular weight excluding hydrogens is 234 g/mol. The molecule has 0 fully saturated rings. The molecule has 1 unspecified atom stereocenters. The zero-order valence-corrected chi connectivity index (χ0v) is 12.3. The second-order valence-electron chi connectivity index (χ2n) is 5.27. The van der Waals surface area contributed by atoms with E-state index in [0.29, 0.717) is 0 Å². The smallest absolute Gasteiger partial charge is 0.0947 e. The zero-order valence-electron chi connectivity index (χ0n) is 12.3. The Morgan fingerprint density at radius 3 is 2.42 bits per heavy atom. The Morgan fingerprint density at radius 2 is 1.89 bits per heavy atom. The van der Waals surface area contributed by atoms with Gasteiger partial charge in [0, 0.05) is 13.2 Å². The Balaban J connectivity index is 2.36. The Kier molecular flexibility index (Phi) is 4.38. The molecule has 102 valence electrons. The lowest BCUT2D eigenvalue weighted by Crippen LogP contribution is -2.23. The van der Waals surface area contributed by atoms with Crippen LogP contribution < -0.4 is 5.32 Å². The molecule has 0 saturated heterocycles. The Labute approximate surface area is 115 Å². The van der Waals surface area contributed by atoms with E-state index in [2.05, 4.69) is 55.5 Å². The molecule has 0 aliphatic rings. The maximum absolute atomic E-state index is 4.51. The molecule has 0 aliphatic heterocycles. The van der Waals surface area contributed by atoms with Crippen molar-refractivity contribution in [3.8, 4) is 0 Å². The van der Waals surface area contributed by atoms with Crippen LogP contribution in [0.4, 0.5) is 0 Å². The molecule has 0 saturated carbocycles. The molecule has 1 atom stereocenters. The number of hydrogen-bond donors (Lipinski definition) is 1. The molecule has 0 spiro atoms. The lowest BCUT2D eigenvalue weighted by Gasteiger charge is -2.18. The van der Waals surface area contributed by atoms with E-state index in [1.807, 2.05) is 17.9 Å². The Morgan fingerprint density at radius 1 is 1.21 bits per heavy atom. The first-order chi connectivity index (χ1) is 9.10. The van der Waals surface area contributed by atoms with E-state index in [-0.39, 0.29) is 6.04 Å². The fourth-order valence-corrected chi connectivity index (χ4v) is 2.44. The molecule has 3 nitrogen and oxygen atoms in total. The topological polar surface area (TPSA) is 29.9 Å². The summed E-state index contributed by atoms with van der Waals surface area (Å²) in [6.07, 6.45) is 5.07. The van der Waals surface area contributed by atoms with Crippen LogP contribution in [0.15, 0.2) is 30.7 Å². The third-order valence-corrected chi connectivity index (χ3v) is 3.20. The summed E-state index contributed by atoms with van der Waals surface area (Å²) < 4.78 is 2.00. The number of benzene rings is 1. The zero-order chi connectivity index (χ0) is 13.8. The van der Waals surface area contributed by atoms with Gasteiger partial charge in [0.05, 0.1) is 18.1 Å². The first kappa shape index (κ1) is 13.8. The molecule has 0 bridgehead atoms. The molecule has 1 heterocycles. The van der Waals surface area contributed by atoms with Crippen molar-refractivity contribution >= 4 is 0 Å². The summed E-state index contributed by atoms with van der Waals surface area (Å²) in [5.74, 6) is 0. The minimum Gasteiger partial charge on any atom is -0.340 e. The summed E-state index contributed by atoms with van der Waals surface area (Å²) in [6, 6.07) is 6.88. The fraction of sp³-hybridized carbons (Fsp3) is 0.438. The van der Waals surface area contributed by atoms with E-state index in [9.17, 15) is 0 Å². The number of aromatic nitrogens is 2. The fourth-order valence-electron chi connectivity index (χ4n) is 2.44. The van der Waals surface area contributed by atoms with Gasteiger partial charge in [-0.1, -0.05) is 36.2 Å². The van der Waals surface area contributed by atoms with Gasteiger partial charge in [-0.15, -0.1) is 0 Å². The number of imidazole rings is 1. The summed E-state index contributed by atoms with van der Waals surface area (Å²) in [4.78, 5) is 4.51. The average Bonchev–Trinajstić information content (AvgIpc) is 2.75. The monoisotopic (exact) mass is 257 g/mol. The van der Waals surface area contributed by atoms with Crippen LogP contribution in [0.3, 0.4) is 0 Å². The van der Waals surface area contributed by atoms with Crippen LogP contribution in [-0.2, 0) is 7.05 Å². The summed E-state index contributed by atoms with van der Waals surface area (Å²) in [7, 11) is 2.01. The van der Waals surface area contributed by atoms with E-state index in [1.54, 1.807) is 0 Å². The van der Waals surface area contributed by atoms with Crippen LogP contribution in [0.2, 0.25) is 0 Å². The van der Waals surface area contributed by atoms with Gasteiger partial charge in [-0.25, -0.2) is 4.98 Å². The summed E-state index contributed by atoms with van der Waals surface area (Å²) in [5.41, 5.74) is 4.98. The van der Waals surface area contributed by atoms with Crippen LogP contribution in [0, 0.1) is 13.8 Å². The van der Waals surface area contributed by atoms with Crippen molar-refractivity contribution in [2.24, 2.45) is 7.05 Å². The number of hydrogen-bond acceptors (Lipinski definition) is 2. The van der Waals surface area contributed by atoms with Gasteiger partial charge >= 0.3 is 0 Å². The lowest BCUT2D eigenvalue weighted by atomic mass is 9.99. The highest BCUT2D eigenvalue weighted by Gasteiger charge is 2.16. The molecule has 2 aromatic rings. The third kappa shape index (κ3) is 3.44. The van der Waals surface area contributed by atoms with Crippen molar-refractivity contribution in [3.63, 3.8) is 0 Å². The van der Waals surface area contributed by atoms with Gasteiger partial charge in [0.2, 0.25) is 0 Å². The molecule has 19 heavy (non-hydrogen) atoms. The number of rotatable bonds is 5. The summed E-state index contributed by atoms with van der Waals surface area (Å²) in [5, 5.41) is 3.59. The van der Waals surface area contributed by atoms with Crippen molar-refractivity contribution in [2.45, 2.75) is 33.2 Å². The summed E-state index contributed by atoms with van der Waals surface area (Å²) >= 11 is 0. The molecule has 0 aliphatic carbocycles. The first-order valence-corrected chi connectivity index (χ1v) is 6.89.